The van der Waals surface area contributed by atoms with Crippen molar-refractivity contribution >= 4 is 35.3 Å². The molecule has 14 nitrogen and oxygen atoms in total. The average Bonchev–Trinajstić information content (AvgIpc) is 3.17. The Morgan fingerprint density at radius 3 is 2.41 bits per heavy atom. The van der Waals surface area contributed by atoms with Gasteiger partial charge in [0.2, 0.25) is 0 Å². The number of aromatic nitrogens is 2. The first-order chi connectivity index (χ1) is 16.2. The lowest BCUT2D eigenvalue weighted by molar-refractivity contribution is -0.385. The first-order valence-electron chi connectivity index (χ1n) is 10.5. The number of benzene rings is 1. The lowest BCUT2D eigenvalue weighted by atomic mass is 10.1. The van der Waals surface area contributed by atoms with Crippen molar-refractivity contribution in [1.82, 2.24) is 19.6 Å². The molecule has 0 atom stereocenters. The van der Waals surface area contributed by atoms with E-state index in [1.165, 1.54) is 12.1 Å². The SMILES string of the molecule is CN1CCN(c2ccc(C(=O)Nc3nn(C(=O)O)c4c3CN(C(=O)O)CC4)c([N+](=O)[O-])c2)CC1. The minimum absolute atomic E-state index is 0.0773. The van der Waals surface area contributed by atoms with Crippen molar-refractivity contribution in [1.29, 1.82) is 0 Å². The molecule has 1 aromatic heterocycles. The van der Waals surface area contributed by atoms with Crippen LogP contribution in [-0.4, -0.2) is 92.6 Å². The van der Waals surface area contributed by atoms with Crippen LogP contribution in [0.25, 0.3) is 0 Å². The van der Waals surface area contributed by atoms with Gasteiger partial charge in [0.25, 0.3) is 11.6 Å². The van der Waals surface area contributed by atoms with Crippen molar-refractivity contribution in [2.45, 2.75) is 13.0 Å². The van der Waals surface area contributed by atoms with Gasteiger partial charge in [-0.15, -0.1) is 5.10 Å². The standard InChI is InChI=1S/C20H23N7O7/c1-23-6-8-24(9-7-23)12-2-3-13(16(10-12)27(33)34)18(28)21-17-14-11-25(19(29)30)5-4-15(14)26(22-17)20(31)32/h2-3,10H,4-9,11H2,1H3,(H,29,30)(H,31,32)(H,21,22,28). The van der Waals surface area contributed by atoms with Crippen LogP contribution in [0.15, 0.2) is 18.2 Å². The van der Waals surface area contributed by atoms with Gasteiger partial charge in [-0.2, -0.15) is 4.68 Å². The average molecular weight is 473 g/mol. The molecule has 0 spiro atoms. The molecular weight excluding hydrogens is 450 g/mol. The number of carbonyl (C=O) groups is 3. The van der Waals surface area contributed by atoms with E-state index < -0.39 is 28.7 Å². The van der Waals surface area contributed by atoms with Gasteiger partial charge in [-0.05, 0) is 19.2 Å². The van der Waals surface area contributed by atoms with Crippen LogP contribution in [0.3, 0.4) is 0 Å². The third-order valence-electron chi connectivity index (χ3n) is 6.03. The zero-order valence-electron chi connectivity index (χ0n) is 18.3. The fourth-order valence-electron chi connectivity index (χ4n) is 4.14. The van der Waals surface area contributed by atoms with E-state index in [1.807, 2.05) is 11.9 Å². The smallest absolute Gasteiger partial charge is 0.432 e. The molecule has 180 valence electrons. The van der Waals surface area contributed by atoms with Crippen LogP contribution in [0.4, 0.5) is 26.8 Å². The second-order valence-electron chi connectivity index (χ2n) is 8.13. The Balaban J connectivity index is 1.63. The lowest BCUT2D eigenvalue weighted by Crippen LogP contribution is -2.44. The van der Waals surface area contributed by atoms with E-state index in [0.717, 1.165) is 18.0 Å². The molecule has 34 heavy (non-hydrogen) atoms. The second kappa shape index (κ2) is 8.97. The number of nitrogens with one attached hydrogen (secondary N) is 1. The summed E-state index contributed by atoms with van der Waals surface area (Å²) in [7, 11) is 1.99. The molecular formula is C20H23N7O7. The Kier molecular flexibility index (Phi) is 6.06. The molecule has 0 radical (unpaired) electrons. The summed E-state index contributed by atoms with van der Waals surface area (Å²) in [5.74, 6) is -0.993. The zero-order valence-corrected chi connectivity index (χ0v) is 18.3. The summed E-state index contributed by atoms with van der Waals surface area (Å²) in [6.45, 7) is 2.91. The normalized spacial score (nSPS) is 16.1. The maximum absolute atomic E-state index is 13.0. The Labute approximate surface area is 193 Å². The van der Waals surface area contributed by atoms with Gasteiger partial charge >= 0.3 is 12.2 Å². The quantitative estimate of drug-likeness (QED) is 0.434. The van der Waals surface area contributed by atoms with Gasteiger partial charge in [0, 0.05) is 56.5 Å². The van der Waals surface area contributed by atoms with E-state index in [4.69, 9.17) is 0 Å². The van der Waals surface area contributed by atoms with Gasteiger partial charge in [-0.3, -0.25) is 14.9 Å². The number of fused-ring (bicyclic) bond motifs is 1. The number of carbonyl (C=O) groups excluding carboxylic acids is 1. The summed E-state index contributed by atoms with van der Waals surface area (Å²) in [6, 6.07) is 4.33. The number of anilines is 2. The zero-order chi connectivity index (χ0) is 24.6. The van der Waals surface area contributed by atoms with E-state index in [9.17, 15) is 34.7 Å². The van der Waals surface area contributed by atoms with E-state index >= 15 is 0 Å². The minimum Gasteiger partial charge on any atom is -0.465 e. The number of likely N-dealkylation sites (N-methyl/N-ethyl adjacent to an activating group) is 1. The Hall–Kier alpha value is -4.20. The van der Waals surface area contributed by atoms with Gasteiger partial charge in [-0.1, -0.05) is 0 Å². The number of carboxylic acid groups (broad SMARTS) is 2. The molecule has 0 aliphatic carbocycles. The fourth-order valence-corrected chi connectivity index (χ4v) is 4.14. The van der Waals surface area contributed by atoms with Crippen LogP contribution in [0, 0.1) is 10.1 Å². The van der Waals surface area contributed by atoms with Crippen LogP contribution in [0.1, 0.15) is 21.6 Å². The molecule has 3 heterocycles. The van der Waals surface area contributed by atoms with Crippen LogP contribution in [0.2, 0.25) is 0 Å². The van der Waals surface area contributed by atoms with E-state index in [-0.39, 0.29) is 42.1 Å². The number of nitrogens with zero attached hydrogens (tertiary/aromatic N) is 6. The molecule has 2 aromatic rings. The monoisotopic (exact) mass is 473 g/mol. The molecule has 1 aromatic carbocycles. The highest BCUT2D eigenvalue weighted by Crippen LogP contribution is 2.30. The van der Waals surface area contributed by atoms with Gasteiger partial charge < -0.3 is 30.2 Å². The molecule has 1 fully saturated rings. The van der Waals surface area contributed by atoms with E-state index in [0.29, 0.717) is 23.5 Å². The largest absolute Gasteiger partial charge is 0.465 e. The van der Waals surface area contributed by atoms with Crippen molar-refractivity contribution in [3.63, 3.8) is 0 Å². The van der Waals surface area contributed by atoms with Crippen molar-refractivity contribution < 1.29 is 29.5 Å². The fraction of sp³-hybridized carbons (Fsp3) is 0.400. The molecule has 1 saturated heterocycles. The molecule has 14 heteroatoms. The van der Waals surface area contributed by atoms with Gasteiger partial charge in [-0.25, -0.2) is 9.59 Å². The number of hydrogen-bond acceptors (Lipinski definition) is 8. The van der Waals surface area contributed by atoms with Gasteiger partial charge in [0.05, 0.1) is 17.2 Å². The summed E-state index contributed by atoms with van der Waals surface area (Å²) in [5.41, 5.74) is 0.516. The van der Waals surface area contributed by atoms with Gasteiger partial charge in [0.1, 0.15) is 5.56 Å². The van der Waals surface area contributed by atoms with Gasteiger partial charge in [0.15, 0.2) is 5.82 Å². The Bertz CT molecular complexity index is 1170. The molecule has 2 aliphatic heterocycles. The molecule has 0 unspecified atom stereocenters. The number of rotatable bonds is 4. The van der Waals surface area contributed by atoms with Crippen LogP contribution in [0.5, 0.6) is 0 Å². The van der Waals surface area contributed by atoms with E-state index in [2.05, 4.69) is 15.3 Å². The minimum atomic E-state index is -1.39. The van der Waals surface area contributed by atoms with Crippen LogP contribution in [-0.2, 0) is 13.0 Å². The van der Waals surface area contributed by atoms with E-state index in [1.54, 1.807) is 6.07 Å². The number of nitro benzene ring substituents is 1. The number of nitro groups is 1. The van der Waals surface area contributed by atoms with Crippen molar-refractivity contribution in [2.24, 2.45) is 0 Å². The van der Waals surface area contributed by atoms with Crippen molar-refractivity contribution in [3.05, 3.63) is 45.1 Å². The molecule has 4 rings (SSSR count). The van der Waals surface area contributed by atoms with Crippen LogP contribution >= 0.6 is 0 Å². The Morgan fingerprint density at radius 1 is 1.09 bits per heavy atom. The highest BCUT2D eigenvalue weighted by Gasteiger charge is 2.31. The summed E-state index contributed by atoms with van der Waals surface area (Å²) in [5, 5.41) is 36.8. The lowest BCUT2D eigenvalue weighted by Gasteiger charge is -2.34. The van der Waals surface area contributed by atoms with Crippen LogP contribution < -0.4 is 10.2 Å². The number of piperazine rings is 1. The third-order valence-corrected chi connectivity index (χ3v) is 6.03. The Morgan fingerprint density at radius 2 is 1.79 bits per heavy atom. The molecule has 2 aliphatic rings. The maximum atomic E-state index is 13.0. The highest BCUT2D eigenvalue weighted by atomic mass is 16.6. The topological polar surface area (TPSA) is 174 Å². The maximum Gasteiger partial charge on any atom is 0.432 e. The molecule has 2 amide bonds. The van der Waals surface area contributed by atoms with Crippen molar-refractivity contribution in [3.8, 4) is 0 Å². The predicted molar refractivity (Wildman–Crippen MR) is 119 cm³/mol. The highest BCUT2D eigenvalue weighted by molar-refractivity contribution is 6.07. The molecule has 0 bridgehead atoms. The molecule has 3 N–H and O–H groups in total. The first-order valence-corrected chi connectivity index (χ1v) is 10.5. The third kappa shape index (κ3) is 4.34. The van der Waals surface area contributed by atoms with Crippen molar-refractivity contribution in [2.75, 3.05) is 50.0 Å². The predicted octanol–water partition coefficient (Wildman–Crippen LogP) is 1.36. The second-order valence-corrected chi connectivity index (χ2v) is 8.13. The summed E-state index contributed by atoms with van der Waals surface area (Å²) >= 11 is 0. The number of hydrogen-bond donors (Lipinski definition) is 3. The summed E-state index contributed by atoms with van der Waals surface area (Å²) in [6.07, 6.45) is -2.49. The molecule has 0 saturated carbocycles. The number of amides is 2. The summed E-state index contributed by atoms with van der Waals surface area (Å²) < 4.78 is 0.690. The summed E-state index contributed by atoms with van der Waals surface area (Å²) in [4.78, 5) is 52.2. The first kappa shape index (κ1) is 23.0.